The highest BCUT2D eigenvalue weighted by molar-refractivity contribution is 5.88. The van der Waals surface area contributed by atoms with Gasteiger partial charge in [-0.1, -0.05) is 13.8 Å². The highest BCUT2D eigenvalue weighted by atomic mass is 16.2. The summed E-state index contributed by atoms with van der Waals surface area (Å²) in [6.07, 6.45) is 2.50. The lowest BCUT2D eigenvalue weighted by molar-refractivity contribution is -0.128. The summed E-state index contributed by atoms with van der Waals surface area (Å²) in [5.74, 6) is 0.826. The number of hydrogen-bond acceptors (Lipinski definition) is 4. The first-order valence-electron chi connectivity index (χ1n) is 7.73. The van der Waals surface area contributed by atoms with Crippen molar-refractivity contribution in [2.75, 3.05) is 26.2 Å². The van der Waals surface area contributed by atoms with Gasteiger partial charge < -0.3 is 10.6 Å². The van der Waals surface area contributed by atoms with Crippen LogP contribution < -0.4 is 10.6 Å². The Kier molecular flexibility index (Phi) is 5.16. The minimum absolute atomic E-state index is 0.0300. The van der Waals surface area contributed by atoms with Crippen molar-refractivity contribution in [3.63, 3.8) is 0 Å². The fourth-order valence-electron chi connectivity index (χ4n) is 3.43. The largest absolute Gasteiger partial charge is 0.345 e. The smallest absolute Gasteiger partial charge is 0.234 e. The topological polar surface area (TPSA) is 61.4 Å². The van der Waals surface area contributed by atoms with Crippen LogP contribution in [0.25, 0.3) is 0 Å². The Bertz CT molecular complexity index is 356. The molecule has 0 aromatic carbocycles. The van der Waals surface area contributed by atoms with Crippen LogP contribution in [-0.4, -0.2) is 54.9 Å². The number of Topliss-reactive ketones (excluding diaryl/α,β-unsaturated/α-hetero) is 1. The van der Waals surface area contributed by atoms with E-state index >= 15 is 0 Å². The van der Waals surface area contributed by atoms with Gasteiger partial charge in [-0.15, -0.1) is 0 Å². The Morgan fingerprint density at radius 2 is 2.10 bits per heavy atom. The van der Waals surface area contributed by atoms with Crippen molar-refractivity contribution in [3.8, 4) is 0 Å². The standard InChI is InChI=1S/C15H27N3O2/c1-10(2)15(11(3)19)17-14(20)9-18-7-12-5-4-6-16-13(12)8-18/h10,12-13,15-16H,4-9H2,1-3H3,(H,17,20)/t12-,13+,15?/m0/s1. The van der Waals surface area contributed by atoms with Crippen LogP contribution in [0.3, 0.4) is 0 Å². The second-order valence-corrected chi connectivity index (χ2v) is 6.56. The van der Waals surface area contributed by atoms with Gasteiger partial charge in [0.1, 0.15) is 0 Å². The van der Waals surface area contributed by atoms with Crippen LogP contribution >= 0.6 is 0 Å². The van der Waals surface area contributed by atoms with Gasteiger partial charge in [0, 0.05) is 19.1 Å². The van der Waals surface area contributed by atoms with E-state index in [9.17, 15) is 9.59 Å². The molecule has 5 heteroatoms. The van der Waals surface area contributed by atoms with E-state index in [0.29, 0.717) is 18.5 Å². The summed E-state index contributed by atoms with van der Waals surface area (Å²) in [4.78, 5) is 25.8. The van der Waals surface area contributed by atoms with Crippen molar-refractivity contribution in [3.05, 3.63) is 0 Å². The number of amides is 1. The molecule has 2 heterocycles. The van der Waals surface area contributed by atoms with Gasteiger partial charge in [0.25, 0.3) is 0 Å². The molecule has 114 valence electrons. The number of hydrogen-bond donors (Lipinski definition) is 2. The van der Waals surface area contributed by atoms with E-state index in [-0.39, 0.29) is 23.7 Å². The van der Waals surface area contributed by atoms with E-state index in [1.165, 1.54) is 12.8 Å². The van der Waals surface area contributed by atoms with Crippen LogP contribution in [0, 0.1) is 11.8 Å². The van der Waals surface area contributed by atoms with Crippen molar-refractivity contribution >= 4 is 11.7 Å². The molecule has 0 radical (unpaired) electrons. The maximum Gasteiger partial charge on any atom is 0.234 e. The summed E-state index contributed by atoms with van der Waals surface area (Å²) in [6.45, 7) is 8.91. The average molecular weight is 281 g/mol. The first-order chi connectivity index (χ1) is 9.47. The molecule has 2 N–H and O–H groups in total. The second-order valence-electron chi connectivity index (χ2n) is 6.56. The van der Waals surface area contributed by atoms with Crippen molar-refractivity contribution < 1.29 is 9.59 Å². The summed E-state index contributed by atoms with van der Waals surface area (Å²) in [7, 11) is 0. The molecule has 2 aliphatic heterocycles. The Morgan fingerprint density at radius 1 is 1.35 bits per heavy atom. The van der Waals surface area contributed by atoms with Crippen LogP contribution in [0.15, 0.2) is 0 Å². The lowest BCUT2D eigenvalue weighted by Crippen LogP contribution is -2.47. The Morgan fingerprint density at radius 3 is 2.70 bits per heavy atom. The summed E-state index contributed by atoms with van der Waals surface area (Å²) in [5.41, 5.74) is 0. The summed E-state index contributed by atoms with van der Waals surface area (Å²) >= 11 is 0. The third-order valence-corrected chi connectivity index (χ3v) is 4.46. The molecule has 1 amide bonds. The molecule has 5 nitrogen and oxygen atoms in total. The highest BCUT2D eigenvalue weighted by Gasteiger charge is 2.35. The number of carbonyl (C=O) groups is 2. The minimum Gasteiger partial charge on any atom is -0.345 e. The SMILES string of the molecule is CC(=O)C(NC(=O)CN1C[C@@H]2CCCN[C@@H]2C1)C(C)C. The molecule has 0 aliphatic carbocycles. The normalized spacial score (nSPS) is 28.2. The van der Waals surface area contributed by atoms with E-state index < -0.39 is 0 Å². The first-order valence-corrected chi connectivity index (χ1v) is 7.73. The van der Waals surface area contributed by atoms with Crippen LogP contribution in [0.1, 0.15) is 33.6 Å². The summed E-state index contributed by atoms with van der Waals surface area (Å²) in [5, 5.41) is 6.41. The quantitative estimate of drug-likeness (QED) is 0.766. The molecular weight excluding hydrogens is 254 g/mol. The third-order valence-electron chi connectivity index (χ3n) is 4.46. The van der Waals surface area contributed by atoms with Crippen molar-refractivity contribution in [2.45, 2.75) is 45.7 Å². The maximum absolute atomic E-state index is 12.1. The third kappa shape index (κ3) is 3.79. The zero-order chi connectivity index (χ0) is 14.7. The van der Waals surface area contributed by atoms with Crippen LogP contribution in [0.2, 0.25) is 0 Å². The molecule has 2 saturated heterocycles. The van der Waals surface area contributed by atoms with E-state index in [1.807, 2.05) is 13.8 Å². The highest BCUT2D eigenvalue weighted by Crippen LogP contribution is 2.24. The summed E-state index contributed by atoms with van der Waals surface area (Å²) in [6, 6.07) is 0.191. The monoisotopic (exact) mass is 281 g/mol. The maximum atomic E-state index is 12.1. The first kappa shape index (κ1) is 15.4. The lowest BCUT2D eigenvalue weighted by atomic mass is 9.94. The van der Waals surface area contributed by atoms with Crippen LogP contribution in [0.5, 0.6) is 0 Å². The molecule has 20 heavy (non-hydrogen) atoms. The number of rotatable bonds is 5. The number of ketones is 1. The number of likely N-dealkylation sites (tertiary alicyclic amines) is 1. The van der Waals surface area contributed by atoms with E-state index in [4.69, 9.17) is 0 Å². The number of carbonyl (C=O) groups excluding carboxylic acids is 2. The molecule has 0 aromatic heterocycles. The lowest BCUT2D eigenvalue weighted by Gasteiger charge is -2.24. The zero-order valence-electron chi connectivity index (χ0n) is 12.8. The fourth-order valence-corrected chi connectivity index (χ4v) is 3.43. The number of piperidine rings is 1. The number of nitrogens with one attached hydrogen (secondary N) is 2. The van der Waals surface area contributed by atoms with Crippen molar-refractivity contribution in [2.24, 2.45) is 11.8 Å². The molecular formula is C15H27N3O2. The number of fused-ring (bicyclic) bond motifs is 1. The zero-order valence-corrected chi connectivity index (χ0v) is 12.8. The molecule has 2 rings (SSSR count). The van der Waals surface area contributed by atoms with E-state index in [2.05, 4.69) is 15.5 Å². The van der Waals surface area contributed by atoms with Gasteiger partial charge in [-0.05, 0) is 38.1 Å². The van der Waals surface area contributed by atoms with Crippen LogP contribution in [-0.2, 0) is 9.59 Å². The van der Waals surface area contributed by atoms with Gasteiger partial charge in [-0.3, -0.25) is 14.5 Å². The Hall–Kier alpha value is -0.940. The molecule has 0 bridgehead atoms. The number of nitrogens with zero attached hydrogens (tertiary/aromatic N) is 1. The average Bonchev–Trinajstić information content (AvgIpc) is 2.77. The predicted octanol–water partition coefficient (Wildman–Crippen LogP) is 0.400. The van der Waals surface area contributed by atoms with Gasteiger partial charge in [0.05, 0.1) is 12.6 Å². The van der Waals surface area contributed by atoms with E-state index in [1.54, 1.807) is 6.92 Å². The van der Waals surface area contributed by atoms with Gasteiger partial charge in [0.15, 0.2) is 5.78 Å². The summed E-state index contributed by atoms with van der Waals surface area (Å²) < 4.78 is 0. The Labute approximate surface area is 121 Å². The molecule has 0 aromatic rings. The Balaban J connectivity index is 1.81. The molecule has 1 unspecified atom stereocenters. The molecule has 2 fully saturated rings. The van der Waals surface area contributed by atoms with Gasteiger partial charge in [0.2, 0.25) is 5.91 Å². The van der Waals surface area contributed by atoms with Crippen molar-refractivity contribution in [1.82, 2.24) is 15.5 Å². The molecule has 2 aliphatic rings. The van der Waals surface area contributed by atoms with Crippen LogP contribution in [0.4, 0.5) is 0 Å². The minimum atomic E-state index is -0.356. The molecule has 0 saturated carbocycles. The van der Waals surface area contributed by atoms with Gasteiger partial charge in [-0.2, -0.15) is 0 Å². The van der Waals surface area contributed by atoms with Gasteiger partial charge >= 0.3 is 0 Å². The van der Waals surface area contributed by atoms with E-state index in [0.717, 1.165) is 19.6 Å². The molecule has 3 atom stereocenters. The predicted molar refractivity (Wildman–Crippen MR) is 78.4 cm³/mol. The van der Waals surface area contributed by atoms with Gasteiger partial charge in [-0.25, -0.2) is 0 Å². The molecule has 0 spiro atoms. The second kappa shape index (κ2) is 6.68. The fraction of sp³-hybridized carbons (Fsp3) is 0.867. The van der Waals surface area contributed by atoms with Crippen molar-refractivity contribution in [1.29, 1.82) is 0 Å².